The number of nitrogens with zero attached hydrogens (tertiary/aromatic N) is 1. The fourth-order valence-electron chi connectivity index (χ4n) is 1.40. The van der Waals surface area contributed by atoms with Crippen molar-refractivity contribution in [3.63, 3.8) is 0 Å². The number of nitrogens with two attached hydrogens (primary N) is 1. The van der Waals surface area contributed by atoms with Gasteiger partial charge in [0, 0.05) is 6.20 Å². The zero-order valence-corrected chi connectivity index (χ0v) is 11.9. The molecule has 0 fully saturated rings. The Morgan fingerprint density at radius 2 is 2.05 bits per heavy atom. The van der Waals surface area contributed by atoms with Crippen LogP contribution < -0.4 is 10.5 Å². The Bertz CT molecular complexity index is 722. The van der Waals surface area contributed by atoms with Crippen molar-refractivity contribution in [2.75, 3.05) is 10.5 Å². The van der Waals surface area contributed by atoms with E-state index in [9.17, 15) is 12.8 Å². The number of rotatable bonds is 3. The third-order valence-electron chi connectivity index (χ3n) is 2.26. The number of hydrogen-bond acceptors (Lipinski definition) is 4. The number of halogens is 2. The molecule has 5 nitrogen and oxygen atoms in total. The molecule has 0 saturated carbocycles. The van der Waals surface area contributed by atoms with Crippen LogP contribution >= 0.6 is 15.9 Å². The number of benzene rings is 1. The highest BCUT2D eigenvalue weighted by Crippen LogP contribution is 2.23. The van der Waals surface area contributed by atoms with Crippen LogP contribution in [0, 0.1) is 5.82 Å². The molecule has 0 radical (unpaired) electrons. The number of hydrogen-bond donors (Lipinski definition) is 2. The summed E-state index contributed by atoms with van der Waals surface area (Å²) in [4.78, 5) is 3.58. The highest BCUT2D eigenvalue weighted by atomic mass is 79.9. The molecule has 0 aliphatic heterocycles. The average molecular weight is 346 g/mol. The van der Waals surface area contributed by atoms with Gasteiger partial charge >= 0.3 is 0 Å². The van der Waals surface area contributed by atoms with Gasteiger partial charge < -0.3 is 5.73 Å². The lowest BCUT2D eigenvalue weighted by molar-refractivity contribution is 0.601. The first-order valence-corrected chi connectivity index (χ1v) is 7.36. The molecule has 0 atom stereocenters. The van der Waals surface area contributed by atoms with Crippen LogP contribution in [-0.4, -0.2) is 13.4 Å². The molecule has 0 aliphatic rings. The van der Waals surface area contributed by atoms with Crippen LogP contribution in [0.3, 0.4) is 0 Å². The van der Waals surface area contributed by atoms with Crippen LogP contribution in [0.4, 0.5) is 15.9 Å². The maximum atomic E-state index is 13.1. The van der Waals surface area contributed by atoms with E-state index in [0.29, 0.717) is 0 Å². The van der Waals surface area contributed by atoms with Crippen molar-refractivity contribution in [3.05, 3.63) is 46.8 Å². The molecule has 0 amide bonds. The van der Waals surface area contributed by atoms with E-state index in [0.717, 1.165) is 6.07 Å². The number of nitrogens with one attached hydrogen (secondary N) is 1. The molecule has 2 rings (SSSR count). The number of nitrogen functional groups attached to an aromatic ring is 1. The van der Waals surface area contributed by atoms with Gasteiger partial charge in [-0.2, -0.15) is 0 Å². The molecule has 3 N–H and O–H groups in total. The monoisotopic (exact) mass is 345 g/mol. The van der Waals surface area contributed by atoms with Crippen LogP contribution in [0.1, 0.15) is 0 Å². The van der Waals surface area contributed by atoms with E-state index >= 15 is 0 Å². The van der Waals surface area contributed by atoms with Crippen LogP contribution in [0.25, 0.3) is 0 Å². The third kappa shape index (κ3) is 3.02. The summed E-state index contributed by atoms with van der Waals surface area (Å²) in [6.07, 6.45) is 1.39. The highest BCUT2D eigenvalue weighted by molar-refractivity contribution is 9.10. The molecule has 1 heterocycles. The summed E-state index contributed by atoms with van der Waals surface area (Å²) in [5.41, 5.74) is 5.73. The molecule has 1 aromatic carbocycles. The average Bonchev–Trinajstić information content (AvgIpc) is 2.34. The molecule has 0 saturated heterocycles. The van der Waals surface area contributed by atoms with Gasteiger partial charge in [0.1, 0.15) is 16.5 Å². The lowest BCUT2D eigenvalue weighted by atomic mass is 10.3. The van der Waals surface area contributed by atoms with Crippen molar-refractivity contribution in [1.82, 2.24) is 4.98 Å². The Morgan fingerprint density at radius 3 is 2.68 bits per heavy atom. The molecule has 0 spiro atoms. The van der Waals surface area contributed by atoms with Gasteiger partial charge in [-0.05, 0) is 46.3 Å². The fourth-order valence-corrected chi connectivity index (χ4v) is 2.91. The maximum Gasteiger partial charge on any atom is 0.265 e. The molecule has 2 aromatic rings. The summed E-state index contributed by atoms with van der Waals surface area (Å²) in [7, 11) is -3.85. The second-order valence-electron chi connectivity index (χ2n) is 3.62. The van der Waals surface area contributed by atoms with E-state index in [1.807, 2.05) is 0 Å². The molecule has 0 bridgehead atoms. The van der Waals surface area contributed by atoms with Crippen molar-refractivity contribution in [1.29, 1.82) is 0 Å². The minimum Gasteiger partial charge on any atom is -0.383 e. The van der Waals surface area contributed by atoms with Gasteiger partial charge in [-0.1, -0.05) is 0 Å². The molecule has 1 aromatic heterocycles. The minimum atomic E-state index is -3.85. The number of sulfonamides is 1. The Labute approximate surface area is 117 Å². The molecule has 0 aliphatic carbocycles. The normalized spacial score (nSPS) is 11.3. The van der Waals surface area contributed by atoms with Crippen molar-refractivity contribution in [2.45, 2.75) is 4.90 Å². The SMILES string of the molecule is Nc1ncccc1S(=O)(=O)Nc1ccc(F)c(Br)c1. The second-order valence-corrected chi connectivity index (χ2v) is 6.13. The summed E-state index contributed by atoms with van der Waals surface area (Å²) in [5, 5.41) is 0. The largest absolute Gasteiger partial charge is 0.383 e. The van der Waals surface area contributed by atoms with Gasteiger partial charge in [0.15, 0.2) is 0 Å². The topological polar surface area (TPSA) is 85.1 Å². The molecular formula is C11H9BrFN3O2S. The number of anilines is 2. The number of pyridine rings is 1. The van der Waals surface area contributed by atoms with Crippen LogP contribution in [0.15, 0.2) is 45.9 Å². The van der Waals surface area contributed by atoms with Gasteiger partial charge in [0.25, 0.3) is 10.0 Å². The Hall–Kier alpha value is -1.67. The summed E-state index contributed by atoms with van der Waals surface area (Å²) >= 11 is 2.98. The van der Waals surface area contributed by atoms with E-state index < -0.39 is 15.8 Å². The smallest absolute Gasteiger partial charge is 0.265 e. The Kier molecular flexibility index (Phi) is 3.72. The van der Waals surface area contributed by atoms with Crippen molar-refractivity contribution in [2.24, 2.45) is 0 Å². The van der Waals surface area contributed by atoms with Crippen molar-refractivity contribution >= 4 is 37.5 Å². The Balaban J connectivity index is 2.37. The first-order valence-electron chi connectivity index (χ1n) is 5.08. The zero-order chi connectivity index (χ0) is 14.0. The van der Waals surface area contributed by atoms with Crippen LogP contribution in [-0.2, 0) is 10.0 Å². The summed E-state index contributed by atoms with van der Waals surface area (Å²) in [6, 6.07) is 6.58. The van der Waals surface area contributed by atoms with Gasteiger partial charge in [-0.25, -0.2) is 17.8 Å². The lowest BCUT2D eigenvalue weighted by Crippen LogP contribution is -2.15. The van der Waals surface area contributed by atoms with E-state index in [1.165, 1.54) is 30.5 Å². The molecular weight excluding hydrogens is 337 g/mol. The summed E-state index contributed by atoms with van der Waals surface area (Å²) < 4.78 is 39.7. The van der Waals surface area contributed by atoms with Gasteiger partial charge in [0.2, 0.25) is 0 Å². The molecule has 19 heavy (non-hydrogen) atoms. The summed E-state index contributed by atoms with van der Waals surface area (Å²) in [6.45, 7) is 0. The fraction of sp³-hybridized carbons (Fsp3) is 0. The van der Waals surface area contributed by atoms with Crippen LogP contribution in [0.5, 0.6) is 0 Å². The zero-order valence-electron chi connectivity index (χ0n) is 9.47. The lowest BCUT2D eigenvalue weighted by Gasteiger charge is -2.09. The van der Waals surface area contributed by atoms with E-state index in [2.05, 4.69) is 25.6 Å². The van der Waals surface area contributed by atoms with E-state index in [1.54, 1.807) is 0 Å². The Morgan fingerprint density at radius 1 is 1.32 bits per heavy atom. The van der Waals surface area contributed by atoms with Gasteiger partial charge in [-0.15, -0.1) is 0 Å². The summed E-state index contributed by atoms with van der Waals surface area (Å²) in [5.74, 6) is -0.583. The standard InChI is InChI=1S/C11H9BrFN3O2S/c12-8-6-7(3-4-9(8)13)16-19(17,18)10-2-1-5-15-11(10)14/h1-6,16H,(H2,14,15). The van der Waals surface area contributed by atoms with Gasteiger partial charge in [-0.3, -0.25) is 4.72 Å². The minimum absolute atomic E-state index is 0.101. The van der Waals surface area contributed by atoms with E-state index in [4.69, 9.17) is 5.73 Å². The highest BCUT2D eigenvalue weighted by Gasteiger charge is 2.18. The van der Waals surface area contributed by atoms with Crippen molar-refractivity contribution in [3.8, 4) is 0 Å². The molecule has 100 valence electrons. The predicted octanol–water partition coefficient (Wildman–Crippen LogP) is 2.37. The third-order valence-corrected chi connectivity index (χ3v) is 4.30. The maximum absolute atomic E-state index is 13.1. The second kappa shape index (κ2) is 5.14. The first-order chi connectivity index (χ1) is 8.90. The first kappa shape index (κ1) is 13.8. The van der Waals surface area contributed by atoms with Crippen molar-refractivity contribution < 1.29 is 12.8 Å². The quantitative estimate of drug-likeness (QED) is 0.894. The van der Waals surface area contributed by atoms with Gasteiger partial charge in [0.05, 0.1) is 10.2 Å². The number of aromatic nitrogens is 1. The predicted molar refractivity (Wildman–Crippen MR) is 73.6 cm³/mol. The van der Waals surface area contributed by atoms with E-state index in [-0.39, 0.29) is 20.9 Å². The van der Waals surface area contributed by atoms with Crippen LogP contribution in [0.2, 0.25) is 0 Å². The molecule has 0 unspecified atom stereocenters. The molecule has 8 heteroatoms.